The monoisotopic (exact) mass is 273 g/mol. The molecule has 1 fully saturated rings. The van der Waals surface area contributed by atoms with Gasteiger partial charge >= 0.3 is 0 Å². The number of hydrogen-bond acceptors (Lipinski definition) is 2. The molecule has 0 bridgehead atoms. The third kappa shape index (κ3) is 2.71. The highest BCUT2D eigenvalue weighted by atomic mass is 16.5. The summed E-state index contributed by atoms with van der Waals surface area (Å²) in [6.45, 7) is 9.97. The Balaban J connectivity index is 1.85. The Bertz CT molecular complexity index is 490. The molecule has 2 nitrogen and oxygen atoms in total. The van der Waals surface area contributed by atoms with Gasteiger partial charge < -0.3 is 10.1 Å². The van der Waals surface area contributed by atoms with Crippen LogP contribution in [0.25, 0.3) is 0 Å². The first kappa shape index (κ1) is 13.9. The molecule has 3 rings (SSSR count). The van der Waals surface area contributed by atoms with Crippen LogP contribution in [0.3, 0.4) is 0 Å². The normalized spacial score (nSPS) is 23.0. The predicted octanol–water partition coefficient (Wildman–Crippen LogP) is 4.10. The van der Waals surface area contributed by atoms with E-state index in [4.69, 9.17) is 4.74 Å². The second-order valence-corrected chi connectivity index (χ2v) is 7.14. The van der Waals surface area contributed by atoms with Gasteiger partial charge in [-0.05, 0) is 62.3 Å². The van der Waals surface area contributed by atoms with Gasteiger partial charge in [0.2, 0.25) is 0 Å². The minimum absolute atomic E-state index is 0.0449. The van der Waals surface area contributed by atoms with Crippen molar-refractivity contribution in [3.63, 3.8) is 0 Å². The number of nitrogens with one attached hydrogen (secondary N) is 1. The van der Waals surface area contributed by atoms with Gasteiger partial charge in [-0.3, -0.25) is 0 Å². The van der Waals surface area contributed by atoms with Crippen LogP contribution in [0.15, 0.2) is 18.2 Å². The highest BCUT2D eigenvalue weighted by Gasteiger charge is 2.35. The van der Waals surface area contributed by atoms with Gasteiger partial charge in [-0.25, -0.2) is 0 Å². The molecule has 0 spiro atoms. The number of fused-ring (bicyclic) bond motifs is 1. The van der Waals surface area contributed by atoms with Crippen LogP contribution in [-0.4, -0.2) is 12.1 Å². The second kappa shape index (κ2) is 5.07. The second-order valence-electron chi connectivity index (χ2n) is 7.14. The van der Waals surface area contributed by atoms with Gasteiger partial charge in [-0.2, -0.15) is 0 Å². The van der Waals surface area contributed by atoms with Crippen molar-refractivity contribution in [2.45, 2.75) is 58.6 Å². The standard InChI is InChI=1S/C18H27NO/c1-5-19-17(12(2)13-6-7-13)14-8-9-16-15(10-14)11-18(3,4)20-16/h8-10,12-13,17,19H,5-7,11H2,1-4H3. The molecule has 110 valence electrons. The van der Waals surface area contributed by atoms with Gasteiger partial charge in [-0.15, -0.1) is 0 Å². The Kier molecular flexibility index (Phi) is 3.53. The number of benzene rings is 1. The summed E-state index contributed by atoms with van der Waals surface area (Å²) in [6, 6.07) is 7.29. The van der Waals surface area contributed by atoms with E-state index in [1.54, 1.807) is 0 Å². The summed E-state index contributed by atoms with van der Waals surface area (Å²) in [6.07, 6.45) is 3.83. The Morgan fingerprint density at radius 3 is 2.75 bits per heavy atom. The quantitative estimate of drug-likeness (QED) is 0.872. The molecule has 20 heavy (non-hydrogen) atoms. The average Bonchev–Trinajstić information content (AvgIpc) is 3.17. The van der Waals surface area contributed by atoms with Gasteiger partial charge in [0.25, 0.3) is 0 Å². The predicted molar refractivity (Wildman–Crippen MR) is 83.2 cm³/mol. The summed E-state index contributed by atoms with van der Waals surface area (Å²) in [5, 5.41) is 3.69. The van der Waals surface area contributed by atoms with Gasteiger partial charge in [-0.1, -0.05) is 26.0 Å². The summed E-state index contributed by atoms with van der Waals surface area (Å²) in [4.78, 5) is 0. The van der Waals surface area contributed by atoms with Crippen LogP contribution in [0.4, 0.5) is 0 Å². The SMILES string of the molecule is CCNC(c1ccc2c(c1)CC(C)(C)O2)C(C)C1CC1. The molecule has 2 heteroatoms. The molecule has 1 aliphatic heterocycles. The first-order valence-electron chi connectivity index (χ1n) is 8.05. The van der Waals surface area contributed by atoms with Crippen LogP contribution < -0.4 is 10.1 Å². The van der Waals surface area contributed by atoms with E-state index in [2.05, 4.69) is 51.2 Å². The van der Waals surface area contributed by atoms with E-state index in [1.165, 1.54) is 24.0 Å². The molecule has 1 saturated carbocycles. The van der Waals surface area contributed by atoms with Gasteiger partial charge in [0.05, 0.1) is 0 Å². The molecule has 1 aromatic carbocycles. The van der Waals surface area contributed by atoms with Crippen LogP contribution in [0.1, 0.15) is 57.7 Å². The lowest BCUT2D eigenvalue weighted by molar-refractivity contribution is 0.138. The average molecular weight is 273 g/mol. The molecule has 1 aliphatic carbocycles. The summed E-state index contributed by atoms with van der Waals surface area (Å²) in [5.41, 5.74) is 2.77. The van der Waals surface area contributed by atoms with Crippen molar-refractivity contribution in [1.82, 2.24) is 5.32 Å². The molecule has 1 N–H and O–H groups in total. The van der Waals surface area contributed by atoms with Crippen molar-refractivity contribution in [1.29, 1.82) is 0 Å². The van der Waals surface area contributed by atoms with Crippen LogP contribution in [-0.2, 0) is 6.42 Å². The topological polar surface area (TPSA) is 21.3 Å². The molecular formula is C18H27NO. The Morgan fingerprint density at radius 1 is 1.35 bits per heavy atom. The van der Waals surface area contributed by atoms with Crippen LogP contribution in [0.2, 0.25) is 0 Å². The number of hydrogen-bond donors (Lipinski definition) is 1. The maximum absolute atomic E-state index is 5.99. The zero-order chi connectivity index (χ0) is 14.3. The molecule has 0 amide bonds. The third-order valence-corrected chi connectivity index (χ3v) is 4.76. The molecule has 2 unspecified atom stereocenters. The van der Waals surface area contributed by atoms with Crippen LogP contribution in [0, 0.1) is 11.8 Å². The van der Waals surface area contributed by atoms with E-state index < -0.39 is 0 Å². The fraction of sp³-hybridized carbons (Fsp3) is 0.667. The molecular weight excluding hydrogens is 246 g/mol. The van der Waals surface area contributed by atoms with E-state index in [9.17, 15) is 0 Å². The van der Waals surface area contributed by atoms with Gasteiger partial charge in [0, 0.05) is 12.5 Å². The minimum atomic E-state index is -0.0449. The summed E-state index contributed by atoms with van der Waals surface area (Å²) >= 11 is 0. The Labute approximate surface area is 122 Å². The van der Waals surface area contributed by atoms with E-state index in [0.717, 1.165) is 30.6 Å². The maximum Gasteiger partial charge on any atom is 0.123 e. The Hall–Kier alpha value is -1.02. The lowest BCUT2D eigenvalue weighted by Crippen LogP contribution is -2.28. The largest absolute Gasteiger partial charge is 0.487 e. The summed E-state index contributed by atoms with van der Waals surface area (Å²) < 4.78 is 5.99. The fourth-order valence-corrected chi connectivity index (χ4v) is 3.54. The van der Waals surface area contributed by atoms with Crippen molar-refractivity contribution in [3.8, 4) is 5.75 Å². The zero-order valence-corrected chi connectivity index (χ0v) is 13.2. The van der Waals surface area contributed by atoms with Crippen molar-refractivity contribution in [2.24, 2.45) is 11.8 Å². The van der Waals surface area contributed by atoms with Crippen LogP contribution >= 0.6 is 0 Å². The van der Waals surface area contributed by atoms with Crippen LogP contribution in [0.5, 0.6) is 5.75 Å². The highest BCUT2D eigenvalue weighted by molar-refractivity contribution is 5.42. The Morgan fingerprint density at radius 2 is 2.10 bits per heavy atom. The highest BCUT2D eigenvalue weighted by Crippen LogP contribution is 2.44. The first-order chi connectivity index (χ1) is 9.50. The maximum atomic E-state index is 5.99. The van der Waals surface area contributed by atoms with E-state index in [0.29, 0.717) is 6.04 Å². The molecule has 0 saturated heterocycles. The lowest BCUT2D eigenvalue weighted by Gasteiger charge is -2.25. The van der Waals surface area contributed by atoms with Gasteiger partial charge in [0.15, 0.2) is 0 Å². The lowest BCUT2D eigenvalue weighted by atomic mass is 9.89. The number of rotatable bonds is 5. The first-order valence-corrected chi connectivity index (χ1v) is 8.05. The molecule has 1 heterocycles. The molecule has 0 radical (unpaired) electrons. The van der Waals surface area contributed by atoms with Gasteiger partial charge in [0.1, 0.15) is 11.4 Å². The molecule has 2 aliphatic rings. The van der Waals surface area contributed by atoms with Crippen molar-refractivity contribution >= 4 is 0 Å². The van der Waals surface area contributed by atoms with Crippen molar-refractivity contribution < 1.29 is 4.74 Å². The zero-order valence-electron chi connectivity index (χ0n) is 13.2. The van der Waals surface area contributed by atoms with E-state index in [1.807, 2.05) is 0 Å². The molecule has 1 aromatic rings. The van der Waals surface area contributed by atoms with E-state index in [-0.39, 0.29) is 5.60 Å². The molecule has 2 atom stereocenters. The third-order valence-electron chi connectivity index (χ3n) is 4.76. The summed E-state index contributed by atoms with van der Waals surface area (Å²) in [5.74, 6) is 2.72. The summed E-state index contributed by atoms with van der Waals surface area (Å²) in [7, 11) is 0. The smallest absolute Gasteiger partial charge is 0.123 e. The van der Waals surface area contributed by atoms with Crippen molar-refractivity contribution in [3.05, 3.63) is 29.3 Å². The molecule has 0 aromatic heterocycles. The fourth-order valence-electron chi connectivity index (χ4n) is 3.54. The van der Waals surface area contributed by atoms with E-state index >= 15 is 0 Å². The van der Waals surface area contributed by atoms with Crippen molar-refractivity contribution in [2.75, 3.05) is 6.54 Å². The number of ether oxygens (including phenoxy) is 1. The minimum Gasteiger partial charge on any atom is -0.487 e.